The highest BCUT2D eigenvalue weighted by Gasteiger charge is 2.21. The molecule has 1 aliphatic heterocycles. The van der Waals surface area contributed by atoms with Crippen LogP contribution in [0.4, 0.5) is 11.8 Å². The number of anilines is 2. The average Bonchev–Trinajstić information content (AvgIpc) is 3.01. The largest absolute Gasteiger partial charge is 0.491 e. The number of aryl methyl sites for hydroxylation is 2. The highest BCUT2D eigenvalue weighted by Crippen LogP contribution is 2.33. The van der Waals surface area contributed by atoms with Crippen LogP contribution in [0.1, 0.15) is 22.6 Å². The van der Waals surface area contributed by atoms with Gasteiger partial charge in [-0.2, -0.15) is 4.98 Å². The van der Waals surface area contributed by atoms with E-state index in [1.54, 1.807) is 0 Å². The van der Waals surface area contributed by atoms with Crippen LogP contribution in [-0.2, 0) is 13.0 Å². The van der Waals surface area contributed by atoms with Crippen LogP contribution in [0.15, 0.2) is 49.1 Å². The highest BCUT2D eigenvalue weighted by molar-refractivity contribution is 5.82. The van der Waals surface area contributed by atoms with Crippen molar-refractivity contribution < 1.29 is 4.74 Å². The molecule has 0 saturated heterocycles. The summed E-state index contributed by atoms with van der Waals surface area (Å²) in [7, 11) is 0. The topological polar surface area (TPSA) is 92.9 Å². The maximum absolute atomic E-state index is 6.07. The Morgan fingerprint density at radius 3 is 2.78 bits per heavy atom. The normalized spacial score (nSPS) is 13.5. The van der Waals surface area contributed by atoms with Gasteiger partial charge in [0.2, 0.25) is 5.95 Å². The van der Waals surface area contributed by atoms with Crippen LogP contribution in [-0.4, -0.2) is 33.1 Å². The van der Waals surface area contributed by atoms with Crippen LogP contribution < -0.4 is 15.4 Å². The second kappa shape index (κ2) is 8.00. The number of nitrogens with zero attached hydrogens (tertiary/aromatic N) is 4. The van der Waals surface area contributed by atoms with E-state index in [1.165, 1.54) is 0 Å². The number of nitrogens with one attached hydrogen (secondary N) is 1. The van der Waals surface area contributed by atoms with E-state index in [9.17, 15) is 0 Å². The summed E-state index contributed by atoms with van der Waals surface area (Å²) in [6.45, 7) is 9.78. The standard InChI is InChI=1S/C25H26N6O/c1-4-5-20-15(2)27-25(26)30-24(20)31-10-11-32-23-9-7-17(12-19(23)14-31)18-6-8-21-22(13-18)29-16(3)28-21/h4,6-9,12-13H,1,5,10-11,14H2,2-3H3,(H,28,29)(H2,26,27,30). The van der Waals surface area contributed by atoms with Gasteiger partial charge < -0.3 is 20.4 Å². The summed E-state index contributed by atoms with van der Waals surface area (Å²) in [4.78, 5) is 19.0. The molecule has 0 atom stereocenters. The smallest absolute Gasteiger partial charge is 0.222 e. The first-order valence-electron chi connectivity index (χ1n) is 10.7. The summed E-state index contributed by atoms with van der Waals surface area (Å²) in [5.41, 5.74) is 13.3. The van der Waals surface area contributed by atoms with Gasteiger partial charge >= 0.3 is 0 Å². The third-order valence-corrected chi connectivity index (χ3v) is 5.83. The highest BCUT2D eigenvalue weighted by atomic mass is 16.5. The van der Waals surface area contributed by atoms with Crippen LogP contribution in [0.25, 0.3) is 22.2 Å². The second-order valence-electron chi connectivity index (χ2n) is 8.11. The molecule has 3 N–H and O–H groups in total. The number of benzene rings is 2. The van der Waals surface area contributed by atoms with Crippen LogP contribution in [0, 0.1) is 13.8 Å². The SMILES string of the molecule is C=CCc1c(C)nc(N)nc1N1CCOc2ccc(-c3ccc4nc(C)[nH]c4c3)cc2C1. The Bertz CT molecular complexity index is 1330. The number of nitrogen functional groups attached to an aromatic ring is 1. The van der Waals surface area contributed by atoms with Crippen molar-refractivity contribution in [3.05, 3.63) is 71.7 Å². The Labute approximate surface area is 187 Å². The van der Waals surface area contributed by atoms with Gasteiger partial charge in [0.25, 0.3) is 0 Å². The van der Waals surface area contributed by atoms with Crippen molar-refractivity contribution in [2.45, 2.75) is 26.8 Å². The van der Waals surface area contributed by atoms with E-state index in [1.807, 2.05) is 19.9 Å². The minimum Gasteiger partial charge on any atom is -0.491 e. The number of aromatic nitrogens is 4. The second-order valence-corrected chi connectivity index (χ2v) is 8.11. The molecule has 0 amide bonds. The van der Waals surface area contributed by atoms with E-state index in [-0.39, 0.29) is 5.95 Å². The van der Waals surface area contributed by atoms with Crippen molar-refractivity contribution in [2.75, 3.05) is 23.8 Å². The lowest BCUT2D eigenvalue weighted by molar-refractivity contribution is 0.331. The fourth-order valence-corrected chi connectivity index (χ4v) is 4.32. The van der Waals surface area contributed by atoms with Crippen molar-refractivity contribution in [3.63, 3.8) is 0 Å². The van der Waals surface area contributed by atoms with E-state index < -0.39 is 0 Å². The van der Waals surface area contributed by atoms with Gasteiger partial charge in [0.15, 0.2) is 0 Å². The van der Waals surface area contributed by atoms with Crippen LogP contribution in [0.3, 0.4) is 0 Å². The summed E-state index contributed by atoms with van der Waals surface area (Å²) < 4.78 is 6.07. The molecule has 1 aliphatic rings. The molecular weight excluding hydrogens is 400 g/mol. The summed E-state index contributed by atoms with van der Waals surface area (Å²) in [5, 5.41) is 0. The number of imidazole rings is 1. The molecule has 0 spiro atoms. The molecule has 5 rings (SSSR count). The monoisotopic (exact) mass is 426 g/mol. The number of hydrogen-bond donors (Lipinski definition) is 2. The van der Waals surface area contributed by atoms with Crippen LogP contribution in [0.5, 0.6) is 5.75 Å². The molecule has 3 heterocycles. The molecule has 32 heavy (non-hydrogen) atoms. The maximum atomic E-state index is 6.07. The minimum absolute atomic E-state index is 0.285. The number of rotatable bonds is 4. The molecule has 2 aromatic heterocycles. The van der Waals surface area contributed by atoms with Gasteiger partial charge in [-0.25, -0.2) is 9.97 Å². The fourth-order valence-electron chi connectivity index (χ4n) is 4.32. The maximum Gasteiger partial charge on any atom is 0.222 e. The number of aromatic amines is 1. The molecule has 0 bridgehead atoms. The summed E-state index contributed by atoms with van der Waals surface area (Å²) >= 11 is 0. The third-order valence-electron chi connectivity index (χ3n) is 5.83. The Hall–Kier alpha value is -3.87. The molecule has 0 saturated carbocycles. The minimum atomic E-state index is 0.285. The Kier molecular flexibility index (Phi) is 5.01. The molecule has 4 aromatic rings. The molecule has 0 radical (unpaired) electrons. The number of ether oxygens (including phenoxy) is 1. The molecule has 2 aromatic carbocycles. The number of nitrogens with two attached hydrogens (primary N) is 1. The predicted molar refractivity (Wildman–Crippen MR) is 128 cm³/mol. The van der Waals surface area contributed by atoms with Gasteiger partial charge in [0.05, 0.1) is 17.6 Å². The molecule has 0 aliphatic carbocycles. The molecule has 7 nitrogen and oxygen atoms in total. The van der Waals surface area contributed by atoms with E-state index >= 15 is 0 Å². The molecule has 0 unspecified atom stereocenters. The number of fused-ring (bicyclic) bond motifs is 2. The van der Waals surface area contributed by atoms with E-state index in [2.05, 4.69) is 67.8 Å². The summed E-state index contributed by atoms with van der Waals surface area (Å²) in [6.07, 6.45) is 2.56. The zero-order chi connectivity index (χ0) is 22.2. The van der Waals surface area contributed by atoms with Gasteiger partial charge in [0.1, 0.15) is 24.0 Å². The molecule has 162 valence electrons. The Morgan fingerprint density at radius 1 is 1.12 bits per heavy atom. The average molecular weight is 427 g/mol. The van der Waals surface area contributed by atoms with E-state index in [4.69, 9.17) is 10.5 Å². The first kappa shape index (κ1) is 20.1. The first-order valence-corrected chi connectivity index (χ1v) is 10.7. The van der Waals surface area contributed by atoms with E-state index in [0.717, 1.165) is 56.4 Å². The third kappa shape index (κ3) is 3.66. The lowest BCUT2D eigenvalue weighted by atomic mass is 10.0. The van der Waals surface area contributed by atoms with Crippen molar-refractivity contribution in [3.8, 4) is 16.9 Å². The lowest BCUT2D eigenvalue weighted by Crippen LogP contribution is -2.28. The Balaban J connectivity index is 1.53. The quantitative estimate of drug-likeness (QED) is 0.472. The first-order chi connectivity index (χ1) is 15.5. The van der Waals surface area contributed by atoms with Crippen LogP contribution >= 0.6 is 0 Å². The van der Waals surface area contributed by atoms with Gasteiger partial charge in [-0.15, -0.1) is 6.58 Å². The zero-order valence-electron chi connectivity index (χ0n) is 18.4. The zero-order valence-corrected chi connectivity index (χ0v) is 18.4. The van der Waals surface area contributed by atoms with Crippen molar-refractivity contribution in [1.82, 2.24) is 19.9 Å². The van der Waals surface area contributed by atoms with Gasteiger partial charge in [-0.1, -0.05) is 18.2 Å². The van der Waals surface area contributed by atoms with Gasteiger partial charge in [-0.05, 0) is 55.7 Å². The Morgan fingerprint density at radius 2 is 1.94 bits per heavy atom. The number of H-pyrrole nitrogens is 1. The number of allylic oxidation sites excluding steroid dienone is 1. The predicted octanol–water partition coefficient (Wildman–Crippen LogP) is 4.35. The molecule has 7 heteroatoms. The van der Waals surface area contributed by atoms with Crippen molar-refractivity contribution in [2.24, 2.45) is 0 Å². The summed E-state index contributed by atoms with van der Waals surface area (Å²) in [5.74, 6) is 2.95. The van der Waals surface area contributed by atoms with Gasteiger partial charge in [0, 0.05) is 23.4 Å². The van der Waals surface area contributed by atoms with Gasteiger partial charge in [-0.3, -0.25) is 0 Å². The number of hydrogen-bond acceptors (Lipinski definition) is 6. The molecule has 0 fully saturated rings. The molecular formula is C25H26N6O. The van der Waals surface area contributed by atoms with Crippen LogP contribution in [0.2, 0.25) is 0 Å². The van der Waals surface area contributed by atoms with Crippen molar-refractivity contribution in [1.29, 1.82) is 0 Å². The fraction of sp³-hybridized carbons (Fsp3) is 0.240. The summed E-state index contributed by atoms with van der Waals surface area (Å²) in [6, 6.07) is 12.7. The van der Waals surface area contributed by atoms with E-state index in [0.29, 0.717) is 26.1 Å². The van der Waals surface area contributed by atoms with Crippen molar-refractivity contribution >= 4 is 22.8 Å². The lowest BCUT2D eigenvalue weighted by Gasteiger charge is -2.24.